The van der Waals surface area contributed by atoms with Crippen LogP contribution in [0.4, 0.5) is 0 Å². The summed E-state index contributed by atoms with van der Waals surface area (Å²) in [4.78, 5) is 16.0. The summed E-state index contributed by atoms with van der Waals surface area (Å²) < 4.78 is 5.91. The molecule has 2 fully saturated rings. The molecule has 5 rings (SSSR count). The van der Waals surface area contributed by atoms with Gasteiger partial charge in [-0.1, -0.05) is 90.5 Å². The summed E-state index contributed by atoms with van der Waals surface area (Å²) in [5.41, 5.74) is 1.67. The molecule has 3 unspecified atom stereocenters. The van der Waals surface area contributed by atoms with Gasteiger partial charge in [0.1, 0.15) is 0 Å². The number of benzene rings is 3. The maximum atomic E-state index is 13.5. The van der Waals surface area contributed by atoms with Crippen LogP contribution in [0.2, 0.25) is 0 Å². The fourth-order valence-electron chi connectivity index (χ4n) is 5.83. The highest BCUT2D eigenvalue weighted by molar-refractivity contribution is 5.85. The molecule has 0 amide bonds. The van der Waals surface area contributed by atoms with Crippen molar-refractivity contribution < 1.29 is 14.6 Å². The molecule has 2 aliphatic rings. The Morgan fingerprint density at radius 3 is 2.06 bits per heavy atom. The van der Waals surface area contributed by atoms with Crippen LogP contribution in [-0.4, -0.2) is 35.7 Å². The van der Waals surface area contributed by atoms with Gasteiger partial charge in [-0.25, -0.2) is 4.79 Å². The second kappa shape index (κ2) is 9.73. The van der Waals surface area contributed by atoms with Gasteiger partial charge in [-0.2, -0.15) is 0 Å². The molecular formula is C30H33NO3. The van der Waals surface area contributed by atoms with Crippen LogP contribution in [0, 0.1) is 24.7 Å². The fraction of sp³-hybridized carbons (Fsp3) is 0.367. The lowest BCUT2D eigenvalue weighted by Crippen LogP contribution is -2.45. The summed E-state index contributed by atoms with van der Waals surface area (Å²) in [5.74, 6) is 0.821. The van der Waals surface area contributed by atoms with Crippen LogP contribution < -0.4 is 0 Å². The molecule has 1 saturated heterocycles. The molecule has 176 valence electrons. The van der Waals surface area contributed by atoms with Crippen LogP contribution in [0.15, 0.2) is 84.9 Å². The van der Waals surface area contributed by atoms with E-state index in [0.29, 0.717) is 35.5 Å². The van der Waals surface area contributed by atoms with Gasteiger partial charge in [-0.05, 0) is 48.3 Å². The smallest absolute Gasteiger partial charge is 0.347 e. The third-order valence-electron chi connectivity index (χ3n) is 7.72. The number of carbonyl (C=O) groups is 1. The van der Waals surface area contributed by atoms with Crippen molar-refractivity contribution in [2.45, 2.75) is 31.9 Å². The van der Waals surface area contributed by atoms with Crippen molar-refractivity contribution in [3.8, 4) is 0 Å². The summed E-state index contributed by atoms with van der Waals surface area (Å²) in [5, 5.41) is 11.7. The number of hydrogen-bond donors (Lipinski definition) is 1. The van der Waals surface area contributed by atoms with Crippen LogP contribution in [0.3, 0.4) is 0 Å². The van der Waals surface area contributed by atoms with E-state index in [1.54, 1.807) is 12.1 Å². The molecule has 1 aliphatic carbocycles. The predicted octanol–water partition coefficient (Wildman–Crippen LogP) is 4.93. The molecule has 0 spiro atoms. The van der Waals surface area contributed by atoms with E-state index in [2.05, 4.69) is 35.2 Å². The molecule has 1 N–H and O–H groups in total. The number of piperidine rings is 1. The number of rotatable bonds is 7. The topological polar surface area (TPSA) is 49.8 Å². The van der Waals surface area contributed by atoms with E-state index in [0.717, 1.165) is 25.2 Å². The molecule has 4 nitrogen and oxygen atoms in total. The number of nitrogens with zero attached hydrogens (tertiary/aromatic N) is 1. The summed E-state index contributed by atoms with van der Waals surface area (Å²) in [6.45, 7) is 5.41. The van der Waals surface area contributed by atoms with Crippen LogP contribution in [-0.2, 0) is 21.7 Å². The number of carbonyl (C=O) groups excluding carboxylic acids is 1. The number of esters is 1. The Morgan fingerprint density at radius 1 is 0.882 bits per heavy atom. The number of aliphatic hydroxyl groups is 1. The Balaban J connectivity index is 1.28. The van der Waals surface area contributed by atoms with E-state index in [4.69, 9.17) is 4.74 Å². The lowest BCUT2D eigenvalue weighted by Gasteiger charge is -2.38. The lowest BCUT2D eigenvalue weighted by atomic mass is 9.84. The van der Waals surface area contributed by atoms with Crippen LogP contribution in [0.25, 0.3) is 0 Å². The molecular weight excluding hydrogens is 422 g/mol. The summed E-state index contributed by atoms with van der Waals surface area (Å²) in [7, 11) is 0. The minimum absolute atomic E-state index is 0.356. The van der Waals surface area contributed by atoms with Crippen LogP contribution >= 0.6 is 0 Å². The normalized spacial score (nSPS) is 23.9. The maximum absolute atomic E-state index is 13.5. The van der Waals surface area contributed by atoms with Gasteiger partial charge in [0.25, 0.3) is 0 Å². The molecule has 2 bridgehead atoms. The third-order valence-corrected chi connectivity index (χ3v) is 7.72. The minimum atomic E-state index is -1.82. The third kappa shape index (κ3) is 4.53. The zero-order valence-electron chi connectivity index (χ0n) is 19.8. The van der Waals surface area contributed by atoms with Gasteiger partial charge in [0.2, 0.25) is 5.60 Å². The molecule has 0 aromatic heterocycles. The first-order valence-electron chi connectivity index (χ1n) is 12.3. The Kier molecular flexibility index (Phi) is 6.53. The molecule has 34 heavy (non-hydrogen) atoms. The molecule has 3 atom stereocenters. The largest absolute Gasteiger partial charge is 0.463 e. The van der Waals surface area contributed by atoms with Crippen molar-refractivity contribution in [3.63, 3.8) is 0 Å². The van der Waals surface area contributed by atoms with E-state index in [1.807, 2.05) is 49.4 Å². The Hall–Kier alpha value is -2.95. The quantitative estimate of drug-likeness (QED) is 0.513. The molecule has 1 saturated carbocycles. The Labute approximate surface area is 202 Å². The Morgan fingerprint density at radius 2 is 1.44 bits per heavy atom. The lowest BCUT2D eigenvalue weighted by molar-refractivity contribution is -0.165. The average Bonchev–Trinajstić information content (AvgIpc) is 3.11. The summed E-state index contributed by atoms with van der Waals surface area (Å²) >= 11 is 0. The van der Waals surface area contributed by atoms with Gasteiger partial charge >= 0.3 is 5.97 Å². The molecule has 1 aliphatic heterocycles. The maximum Gasteiger partial charge on any atom is 0.347 e. The highest BCUT2D eigenvalue weighted by atomic mass is 16.5. The van der Waals surface area contributed by atoms with Crippen molar-refractivity contribution in [1.82, 2.24) is 4.90 Å². The predicted molar refractivity (Wildman–Crippen MR) is 133 cm³/mol. The van der Waals surface area contributed by atoms with E-state index in [1.165, 1.54) is 18.4 Å². The van der Waals surface area contributed by atoms with Crippen molar-refractivity contribution in [1.29, 1.82) is 0 Å². The second-order valence-electron chi connectivity index (χ2n) is 9.98. The first-order valence-corrected chi connectivity index (χ1v) is 12.3. The molecule has 3 aromatic rings. The number of ether oxygens (including phenoxy) is 1. The zero-order valence-corrected chi connectivity index (χ0v) is 19.8. The SMILES string of the molecule is Cc1ccc(C(O)(C(=O)OCC2C3CCC2CN(Cc2ccccc2)C3)c2ccccc2)cc1. The zero-order chi connectivity index (χ0) is 23.5. The molecule has 4 heteroatoms. The van der Waals surface area contributed by atoms with Crippen LogP contribution in [0.5, 0.6) is 0 Å². The van der Waals surface area contributed by atoms with Gasteiger partial charge in [-0.3, -0.25) is 4.90 Å². The molecule has 1 heterocycles. The first kappa shape index (κ1) is 22.8. The summed E-state index contributed by atoms with van der Waals surface area (Å²) in [6.07, 6.45) is 2.36. The van der Waals surface area contributed by atoms with E-state index < -0.39 is 11.6 Å². The second-order valence-corrected chi connectivity index (χ2v) is 9.98. The first-order chi connectivity index (χ1) is 16.5. The van der Waals surface area contributed by atoms with Crippen LogP contribution in [0.1, 0.15) is 35.1 Å². The standard InChI is InChI=1S/C30H33NO3/c1-22-12-16-27(17-13-22)30(33,26-10-6-3-7-11-26)29(32)34-21-28-24-14-15-25(28)20-31(19-24)18-23-8-4-2-5-9-23/h2-13,16-17,24-25,28,33H,14-15,18-21H2,1H3. The van der Waals surface area contributed by atoms with Gasteiger partial charge in [-0.15, -0.1) is 0 Å². The van der Waals surface area contributed by atoms with Gasteiger partial charge < -0.3 is 9.84 Å². The number of aryl methyl sites for hydroxylation is 1. The highest BCUT2D eigenvalue weighted by Gasteiger charge is 2.45. The van der Waals surface area contributed by atoms with Crippen molar-refractivity contribution in [2.75, 3.05) is 19.7 Å². The Bertz CT molecular complexity index is 1080. The van der Waals surface area contributed by atoms with E-state index in [-0.39, 0.29) is 0 Å². The van der Waals surface area contributed by atoms with E-state index >= 15 is 0 Å². The monoisotopic (exact) mass is 455 g/mol. The molecule has 0 radical (unpaired) electrons. The average molecular weight is 456 g/mol. The van der Waals surface area contributed by atoms with Crippen molar-refractivity contribution >= 4 is 5.97 Å². The summed E-state index contributed by atoms with van der Waals surface area (Å²) in [6, 6.07) is 27.2. The number of fused-ring (bicyclic) bond motifs is 2. The minimum Gasteiger partial charge on any atom is -0.463 e. The van der Waals surface area contributed by atoms with Gasteiger partial charge in [0.05, 0.1) is 6.61 Å². The van der Waals surface area contributed by atoms with Crippen molar-refractivity contribution in [2.24, 2.45) is 17.8 Å². The van der Waals surface area contributed by atoms with Gasteiger partial charge in [0, 0.05) is 25.6 Å². The number of hydrogen-bond acceptors (Lipinski definition) is 4. The number of likely N-dealkylation sites (tertiary alicyclic amines) is 1. The highest BCUT2D eigenvalue weighted by Crippen LogP contribution is 2.43. The van der Waals surface area contributed by atoms with E-state index in [9.17, 15) is 9.90 Å². The fourth-order valence-corrected chi connectivity index (χ4v) is 5.83. The molecule has 3 aromatic carbocycles. The van der Waals surface area contributed by atoms with Gasteiger partial charge in [0.15, 0.2) is 0 Å². The van der Waals surface area contributed by atoms with Crippen molar-refractivity contribution in [3.05, 3.63) is 107 Å².